The highest BCUT2D eigenvalue weighted by molar-refractivity contribution is 4.71. The van der Waals surface area contributed by atoms with Crippen LogP contribution in [-0.4, -0.2) is 33.1 Å². The van der Waals surface area contributed by atoms with Crippen LogP contribution >= 0.6 is 0 Å². The Hall–Kier alpha value is -0.120. The van der Waals surface area contributed by atoms with E-state index in [0.717, 1.165) is 25.3 Å². The molecule has 0 aliphatic rings. The van der Waals surface area contributed by atoms with Crippen molar-refractivity contribution in [1.82, 2.24) is 5.32 Å². The van der Waals surface area contributed by atoms with Crippen molar-refractivity contribution in [2.24, 2.45) is 5.92 Å². The summed E-state index contributed by atoms with van der Waals surface area (Å²) in [7, 11) is 3.41. The molecule has 0 bridgehead atoms. The lowest BCUT2D eigenvalue weighted by Gasteiger charge is -2.26. The van der Waals surface area contributed by atoms with E-state index in [9.17, 15) is 0 Å². The molecule has 0 radical (unpaired) electrons. The van der Waals surface area contributed by atoms with Gasteiger partial charge in [-0.25, -0.2) is 0 Å². The molecule has 1 unspecified atom stereocenters. The average Bonchev–Trinajstić information content (AvgIpc) is 2.26. The molecule has 3 nitrogen and oxygen atoms in total. The molecule has 0 aliphatic carbocycles. The predicted molar refractivity (Wildman–Crippen MR) is 68.6 cm³/mol. The van der Waals surface area contributed by atoms with E-state index in [1.807, 2.05) is 0 Å². The molecule has 0 aromatic rings. The minimum absolute atomic E-state index is 0.126. The molecule has 0 amide bonds. The number of ether oxygens (including phenoxy) is 2. The highest BCUT2D eigenvalue weighted by Gasteiger charge is 2.19. The third-order valence-electron chi connectivity index (χ3n) is 2.75. The van der Waals surface area contributed by atoms with Gasteiger partial charge in [0.05, 0.1) is 6.04 Å². The van der Waals surface area contributed by atoms with Crippen LogP contribution in [0.5, 0.6) is 0 Å². The lowest BCUT2D eigenvalue weighted by molar-refractivity contribution is -0.124. The first-order valence-electron chi connectivity index (χ1n) is 6.44. The van der Waals surface area contributed by atoms with Crippen LogP contribution in [0.25, 0.3) is 0 Å². The summed E-state index contributed by atoms with van der Waals surface area (Å²) in [6.45, 7) is 7.72. The SMILES string of the molecule is CCCNC(CCCC(C)C)C(OC)OC. The van der Waals surface area contributed by atoms with Gasteiger partial charge in [0.15, 0.2) is 6.29 Å². The summed E-state index contributed by atoms with van der Waals surface area (Å²) >= 11 is 0. The molecule has 16 heavy (non-hydrogen) atoms. The fraction of sp³-hybridized carbons (Fsp3) is 1.00. The Kier molecular flexibility index (Phi) is 9.99. The number of methoxy groups -OCH3 is 2. The highest BCUT2D eigenvalue weighted by atomic mass is 16.7. The van der Waals surface area contributed by atoms with Crippen LogP contribution in [0.2, 0.25) is 0 Å². The van der Waals surface area contributed by atoms with E-state index in [-0.39, 0.29) is 6.29 Å². The predicted octanol–water partition coefficient (Wildman–Crippen LogP) is 2.80. The van der Waals surface area contributed by atoms with Gasteiger partial charge < -0.3 is 14.8 Å². The zero-order chi connectivity index (χ0) is 12.4. The molecule has 0 aromatic heterocycles. The molecule has 0 aliphatic heterocycles. The molecule has 1 atom stereocenters. The standard InChI is InChI=1S/C13H29NO2/c1-6-10-14-12(13(15-4)16-5)9-7-8-11(2)3/h11-14H,6-10H2,1-5H3. The quantitative estimate of drug-likeness (QED) is 0.586. The molecule has 1 N–H and O–H groups in total. The van der Waals surface area contributed by atoms with Gasteiger partial charge in [0.25, 0.3) is 0 Å². The van der Waals surface area contributed by atoms with E-state index >= 15 is 0 Å². The van der Waals surface area contributed by atoms with Crippen molar-refractivity contribution >= 4 is 0 Å². The summed E-state index contributed by atoms with van der Waals surface area (Å²) in [6, 6.07) is 0.314. The van der Waals surface area contributed by atoms with E-state index < -0.39 is 0 Å². The lowest BCUT2D eigenvalue weighted by atomic mass is 10.0. The lowest BCUT2D eigenvalue weighted by Crippen LogP contribution is -2.42. The van der Waals surface area contributed by atoms with E-state index in [1.165, 1.54) is 12.8 Å². The Labute approximate surface area is 101 Å². The molecular weight excluding hydrogens is 202 g/mol. The summed E-state index contributed by atoms with van der Waals surface area (Å²) in [4.78, 5) is 0. The minimum atomic E-state index is -0.126. The third kappa shape index (κ3) is 7.20. The van der Waals surface area contributed by atoms with Crippen molar-refractivity contribution < 1.29 is 9.47 Å². The van der Waals surface area contributed by atoms with Gasteiger partial charge in [-0.1, -0.05) is 33.6 Å². The zero-order valence-electron chi connectivity index (χ0n) is 11.6. The summed E-state index contributed by atoms with van der Waals surface area (Å²) in [6.07, 6.45) is 4.62. The van der Waals surface area contributed by atoms with Gasteiger partial charge in [-0.3, -0.25) is 0 Å². The van der Waals surface area contributed by atoms with E-state index in [1.54, 1.807) is 14.2 Å². The van der Waals surface area contributed by atoms with Crippen LogP contribution in [0.15, 0.2) is 0 Å². The number of nitrogens with one attached hydrogen (secondary N) is 1. The van der Waals surface area contributed by atoms with Crippen LogP contribution in [0.4, 0.5) is 0 Å². The average molecular weight is 231 g/mol. The Morgan fingerprint density at radius 1 is 1.06 bits per heavy atom. The largest absolute Gasteiger partial charge is 0.354 e. The monoisotopic (exact) mass is 231 g/mol. The van der Waals surface area contributed by atoms with Gasteiger partial charge in [0, 0.05) is 14.2 Å². The number of rotatable bonds is 10. The summed E-state index contributed by atoms with van der Waals surface area (Å²) < 4.78 is 10.7. The molecule has 0 rings (SSSR count). The van der Waals surface area contributed by atoms with Crippen molar-refractivity contribution in [2.45, 2.75) is 58.8 Å². The van der Waals surface area contributed by atoms with Crippen LogP contribution in [-0.2, 0) is 9.47 Å². The van der Waals surface area contributed by atoms with E-state index in [2.05, 4.69) is 26.1 Å². The Bertz CT molecular complexity index is 147. The Morgan fingerprint density at radius 2 is 1.69 bits per heavy atom. The van der Waals surface area contributed by atoms with Crippen LogP contribution in [0.1, 0.15) is 46.5 Å². The maximum atomic E-state index is 5.33. The van der Waals surface area contributed by atoms with Gasteiger partial charge in [-0.05, 0) is 25.3 Å². The first-order valence-corrected chi connectivity index (χ1v) is 6.44. The second kappa shape index (κ2) is 10.1. The summed E-state index contributed by atoms with van der Waals surface area (Å²) in [5.41, 5.74) is 0. The van der Waals surface area contributed by atoms with E-state index in [4.69, 9.17) is 9.47 Å². The van der Waals surface area contributed by atoms with Crippen LogP contribution in [0.3, 0.4) is 0 Å². The van der Waals surface area contributed by atoms with Gasteiger partial charge in [-0.2, -0.15) is 0 Å². The topological polar surface area (TPSA) is 30.5 Å². The van der Waals surface area contributed by atoms with Gasteiger partial charge in [0.1, 0.15) is 0 Å². The number of hydrogen-bond donors (Lipinski definition) is 1. The fourth-order valence-electron chi connectivity index (χ4n) is 1.83. The number of hydrogen-bond acceptors (Lipinski definition) is 3. The maximum absolute atomic E-state index is 5.33. The first kappa shape index (κ1) is 15.9. The van der Waals surface area contributed by atoms with Crippen molar-refractivity contribution in [1.29, 1.82) is 0 Å². The normalized spacial score (nSPS) is 13.7. The smallest absolute Gasteiger partial charge is 0.171 e. The Balaban J connectivity index is 3.97. The second-order valence-electron chi connectivity index (χ2n) is 4.73. The summed E-state index contributed by atoms with van der Waals surface area (Å²) in [5, 5.41) is 3.50. The molecular formula is C13H29NO2. The highest BCUT2D eigenvalue weighted by Crippen LogP contribution is 2.12. The van der Waals surface area contributed by atoms with Gasteiger partial charge in [-0.15, -0.1) is 0 Å². The molecule has 0 fully saturated rings. The van der Waals surface area contributed by atoms with Gasteiger partial charge >= 0.3 is 0 Å². The molecule has 0 saturated carbocycles. The van der Waals surface area contributed by atoms with E-state index in [0.29, 0.717) is 6.04 Å². The second-order valence-corrected chi connectivity index (χ2v) is 4.73. The fourth-order valence-corrected chi connectivity index (χ4v) is 1.83. The van der Waals surface area contributed by atoms with Crippen molar-refractivity contribution in [2.75, 3.05) is 20.8 Å². The molecule has 0 aromatic carbocycles. The molecule has 3 heteroatoms. The molecule has 98 valence electrons. The zero-order valence-corrected chi connectivity index (χ0v) is 11.6. The van der Waals surface area contributed by atoms with Gasteiger partial charge in [0.2, 0.25) is 0 Å². The van der Waals surface area contributed by atoms with Crippen molar-refractivity contribution in [3.05, 3.63) is 0 Å². The van der Waals surface area contributed by atoms with Crippen molar-refractivity contribution in [3.8, 4) is 0 Å². The summed E-state index contributed by atoms with van der Waals surface area (Å²) in [5.74, 6) is 0.773. The molecule has 0 saturated heterocycles. The maximum Gasteiger partial charge on any atom is 0.171 e. The van der Waals surface area contributed by atoms with Crippen LogP contribution < -0.4 is 5.32 Å². The van der Waals surface area contributed by atoms with Crippen molar-refractivity contribution in [3.63, 3.8) is 0 Å². The molecule has 0 spiro atoms. The molecule has 0 heterocycles. The minimum Gasteiger partial charge on any atom is -0.354 e. The first-order chi connectivity index (χ1) is 7.65. The Morgan fingerprint density at radius 3 is 2.12 bits per heavy atom. The van der Waals surface area contributed by atoms with Crippen LogP contribution in [0, 0.1) is 5.92 Å². The third-order valence-corrected chi connectivity index (χ3v) is 2.75.